The largest absolute Gasteiger partial charge is 0.349 e. The highest BCUT2D eigenvalue weighted by Crippen LogP contribution is 2.22. The van der Waals surface area contributed by atoms with Crippen molar-refractivity contribution in [2.75, 3.05) is 37.0 Å². The van der Waals surface area contributed by atoms with Crippen molar-refractivity contribution in [3.05, 3.63) is 29.3 Å². The van der Waals surface area contributed by atoms with Crippen LogP contribution in [0, 0.1) is 0 Å². The Kier molecular flexibility index (Phi) is 6.08. The van der Waals surface area contributed by atoms with Gasteiger partial charge in [0.05, 0.1) is 30.1 Å². The molecule has 1 saturated heterocycles. The highest BCUT2D eigenvalue weighted by atomic mass is 35.5. The standard InChI is InChI=1S/C16H22ClN3O4S/c1-16(7-8-25(23,24)11-16)19-15(22)10-20(2)9-14(21)18-13-5-3-12(17)4-6-13/h3-6H,7-11H2,1-2H3,(H,18,21)(H,19,22)/t16-/m0/s1. The number of anilines is 1. The summed E-state index contributed by atoms with van der Waals surface area (Å²) in [5.41, 5.74) is -0.113. The van der Waals surface area contributed by atoms with Crippen LogP contribution in [0.1, 0.15) is 13.3 Å². The summed E-state index contributed by atoms with van der Waals surface area (Å²) in [6, 6.07) is 6.72. The molecular formula is C16H22ClN3O4S. The number of rotatable bonds is 6. The number of nitrogens with one attached hydrogen (secondary N) is 2. The summed E-state index contributed by atoms with van der Waals surface area (Å²) in [6.45, 7) is 1.76. The van der Waals surface area contributed by atoms with E-state index in [1.54, 1.807) is 43.1 Å². The van der Waals surface area contributed by atoms with Gasteiger partial charge in [-0.1, -0.05) is 11.6 Å². The highest BCUT2D eigenvalue weighted by molar-refractivity contribution is 7.91. The van der Waals surface area contributed by atoms with Crippen LogP contribution in [-0.4, -0.2) is 62.3 Å². The van der Waals surface area contributed by atoms with Gasteiger partial charge in [0.2, 0.25) is 11.8 Å². The van der Waals surface area contributed by atoms with Crippen molar-refractivity contribution in [2.24, 2.45) is 0 Å². The number of nitrogens with zero attached hydrogens (tertiary/aromatic N) is 1. The van der Waals surface area contributed by atoms with Gasteiger partial charge in [0, 0.05) is 10.7 Å². The Balaban J connectivity index is 1.79. The first-order chi connectivity index (χ1) is 11.6. The van der Waals surface area contributed by atoms with E-state index >= 15 is 0 Å². The molecule has 1 atom stereocenters. The molecule has 7 nitrogen and oxygen atoms in total. The quantitative estimate of drug-likeness (QED) is 0.756. The van der Waals surface area contributed by atoms with Gasteiger partial charge in [-0.25, -0.2) is 8.42 Å². The fourth-order valence-corrected chi connectivity index (χ4v) is 4.98. The van der Waals surface area contributed by atoms with Gasteiger partial charge in [-0.3, -0.25) is 14.5 Å². The molecule has 1 aromatic carbocycles. The highest BCUT2D eigenvalue weighted by Gasteiger charge is 2.39. The fraction of sp³-hybridized carbons (Fsp3) is 0.500. The molecule has 0 aromatic heterocycles. The second-order valence-electron chi connectivity index (χ2n) is 6.68. The molecule has 0 unspecified atom stereocenters. The molecular weight excluding hydrogens is 366 g/mol. The summed E-state index contributed by atoms with van der Waals surface area (Å²) < 4.78 is 23.1. The maximum absolute atomic E-state index is 12.1. The van der Waals surface area contributed by atoms with E-state index in [9.17, 15) is 18.0 Å². The molecule has 1 heterocycles. The first kappa shape index (κ1) is 19.7. The summed E-state index contributed by atoms with van der Waals surface area (Å²) in [6.07, 6.45) is 0.405. The minimum absolute atomic E-state index is 0.00365. The molecule has 25 heavy (non-hydrogen) atoms. The molecule has 2 N–H and O–H groups in total. The first-order valence-electron chi connectivity index (χ1n) is 7.82. The van der Waals surface area contributed by atoms with Gasteiger partial charge >= 0.3 is 0 Å². The minimum atomic E-state index is -3.09. The molecule has 9 heteroatoms. The number of hydrogen-bond donors (Lipinski definition) is 2. The van der Waals surface area contributed by atoms with Crippen LogP contribution in [0.2, 0.25) is 5.02 Å². The summed E-state index contributed by atoms with van der Waals surface area (Å²) in [5, 5.41) is 6.06. The van der Waals surface area contributed by atoms with Crippen molar-refractivity contribution in [2.45, 2.75) is 18.9 Å². The van der Waals surface area contributed by atoms with E-state index in [0.717, 1.165) is 0 Å². The van der Waals surface area contributed by atoms with E-state index < -0.39 is 15.4 Å². The van der Waals surface area contributed by atoms with Crippen LogP contribution in [0.25, 0.3) is 0 Å². The first-order valence-corrected chi connectivity index (χ1v) is 10.0. The van der Waals surface area contributed by atoms with Gasteiger partial charge in [0.15, 0.2) is 9.84 Å². The van der Waals surface area contributed by atoms with Crippen LogP contribution < -0.4 is 10.6 Å². The molecule has 1 aromatic rings. The second-order valence-corrected chi connectivity index (χ2v) is 9.30. The molecule has 0 aliphatic carbocycles. The third kappa shape index (κ3) is 6.30. The molecule has 2 amide bonds. The third-order valence-corrected chi connectivity index (χ3v) is 6.05. The van der Waals surface area contributed by atoms with Crippen LogP contribution in [0.3, 0.4) is 0 Å². The van der Waals surface area contributed by atoms with Gasteiger partial charge in [0.25, 0.3) is 0 Å². The van der Waals surface area contributed by atoms with E-state index in [1.807, 2.05) is 0 Å². The monoisotopic (exact) mass is 387 g/mol. The fourth-order valence-electron chi connectivity index (χ4n) is 2.77. The molecule has 1 fully saturated rings. The predicted molar refractivity (Wildman–Crippen MR) is 97.4 cm³/mol. The van der Waals surface area contributed by atoms with Crippen LogP contribution in [0.15, 0.2) is 24.3 Å². The molecule has 138 valence electrons. The van der Waals surface area contributed by atoms with Crippen LogP contribution in [0.4, 0.5) is 5.69 Å². The molecule has 0 bridgehead atoms. The molecule has 0 saturated carbocycles. The Morgan fingerprint density at radius 2 is 1.80 bits per heavy atom. The lowest BCUT2D eigenvalue weighted by molar-refractivity contribution is -0.124. The summed E-state index contributed by atoms with van der Waals surface area (Å²) >= 11 is 5.79. The number of likely N-dealkylation sites (N-methyl/N-ethyl adjacent to an activating group) is 1. The maximum atomic E-state index is 12.1. The minimum Gasteiger partial charge on any atom is -0.349 e. The lowest BCUT2D eigenvalue weighted by Gasteiger charge is -2.25. The Morgan fingerprint density at radius 1 is 1.20 bits per heavy atom. The zero-order valence-electron chi connectivity index (χ0n) is 14.2. The number of hydrogen-bond acceptors (Lipinski definition) is 5. The number of benzene rings is 1. The summed E-state index contributed by atoms with van der Waals surface area (Å²) in [4.78, 5) is 25.7. The topological polar surface area (TPSA) is 95.6 Å². The van der Waals surface area contributed by atoms with Crippen molar-refractivity contribution < 1.29 is 18.0 Å². The smallest absolute Gasteiger partial charge is 0.238 e. The van der Waals surface area contributed by atoms with E-state index in [2.05, 4.69) is 10.6 Å². The van der Waals surface area contributed by atoms with Gasteiger partial charge in [0.1, 0.15) is 0 Å². The SMILES string of the molecule is CN(CC(=O)Nc1ccc(Cl)cc1)CC(=O)N[C@@]1(C)CCS(=O)(=O)C1. The summed E-state index contributed by atoms with van der Waals surface area (Å²) in [5.74, 6) is -0.524. The van der Waals surface area contributed by atoms with Gasteiger partial charge in [-0.15, -0.1) is 0 Å². The average molecular weight is 388 g/mol. The van der Waals surface area contributed by atoms with Gasteiger partial charge < -0.3 is 10.6 Å². The molecule has 0 spiro atoms. The molecule has 0 radical (unpaired) electrons. The summed E-state index contributed by atoms with van der Waals surface area (Å²) in [7, 11) is -1.44. The van der Waals surface area contributed by atoms with Crippen molar-refractivity contribution >= 4 is 38.9 Å². The normalized spacial score (nSPS) is 21.9. The zero-order chi connectivity index (χ0) is 18.7. The number of carbonyl (C=O) groups excluding carboxylic acids is 2. The lowest BCUT2D eigenvalue weighted by atomic mass is 10.0. The predicted octanol–water partition coefficient (Wildman–Crippen LogP) is 0.904. The lowest BCUT2D eigenvalue weighted by Crippen LogP contribution is -2.50. The molecule has 2 rings (SSSR count). The number of amides is 2. The number of halogens is 1. The molecule has 1 aliphatic heterocycles. The average Bonchev–Trinajstić information content (AvgIpc) is 2.74. The molecule has 1 aliphatic rings. The van der Waals surface area contributed by atoms with Crippen molar-refractivity contribution in [1.82, 2.24) is 10.2 Å². The maximum Gasteiger partial charge on any atom is 0.238 e. The van der Waals surface area contributed by atoms with Gasteiger partial charge in [-0.05, 0) is 44.7 Å². The third-order valence-electron chi connectivity index (χ3n) is 3.90. The van der Waals surface area contributed by atoms with Crippen molar-refractivity contribution in [3.8, 4) is 0 Å². The van der Waals surface area contributed by atoms with Gasteiger partial charge in [-0.2, -0.15) is 0 Å². The Labute approximate surface area is 152 Å². The van der Waals surface area contributed by atoms with Crippen molar-refractivity contribution in [3.63, 3.8) is 0 Å². The second kappa shape index (κ2) is 7.72. The number of carbonyl (C=O) groups is 2. The van der Waals surface area contributed by atoms with E-state index in [1.165, 1.54) is 0 Å². The van der Waals surface area contributed by atoms with Crippen molar-refractivity contribution in [1.29, 1.82) is 0 Å². The van der Waals surface area contributed by atoms with E-state index in [-0.39, 0.29) is 36.4 Å². The van der Waals surface area contributed by atoms with Crippen LogP contribution >= 0.6 is 11.6 Å². The van der Waals surface area contributed by atoms with E-state index in [0.29, 0.717) is 17.1 Å². The Morgan fingerprint density at radius 3 is 2.36 bits per heavy atom. The van der Waals surface area contributed by atoms with Crippen LogP contribution in [0.5, 0.6) is 0 Å². The number of sulfone groups is 1. The van der Waals surface area contributed by atoms with Crippen LogP contribution in [-0.2, 0) is 19.4 Å². The zero-order valence-corrected chi connectivity index (χ0v) is 15.8. The van der Waals surface area contributed by atoms with E-state index in [4.69, 9.17) is 11.6 Å². The Bertz CT molecular complexity index is 751. The Hall–Kier alpha value is -1.64.